The van der Waals surface area contributed by atoms with E-state index in [1.165, 1.54) is 0 Å². The Morgan fingerprint density at radius 3 is 2.50 bits per heavy atom. The van der Waals surface area contributed by atoms with Gasteiger partial charge in [0.15, 0.2) is 0 Å². The average Bonchev–Trinajstić information content (AvgIpc) is 2.91. The molecule has 2 rings (SSSR count). The molecule has 1 aliphatic heterocycles. The number of rotatable bonds is 9. The lowest BCUT2D eigenvalue weighted by Gasteiger charge is -2.11. The van der Waals surface area contributed by atoms with Gasteiger partial charge in [-0.25, -0.2) is 4.79 Å². The molecular formula is C16H20N2O6. The van der Waals surface area contributed by atoms with E-state index >= 15 is 0 Å². The first-order chi connectivity index (χ1) is 11.6. The Morgan fingerprint density at radius 2 is 1.88 bits per heavy atom. The number of amides is 3. The van der Waals surface area contributed by atoms with Crippen molar-refractivity contribution in [2.75, 3.05) is 33.4 Å². The van der Waals surface area contributed by atoms with Crippen molar-refractivity contribution in [3.05, 3.63) is 24.3 Å². The van der Waals surface area contributed by atoms with Crippen LogP contribution in [0.1, 0.15) is 12.8 Å². The number of esters is 1. The molecule has 3 amide bonds. The lowest BCUT2D eigenvalue weighted by molar-refractivity contribution is -0.144. The van der Waals surface area contributed by atoms with Gasteiger partial charge in [-0.2, -0.15) is 0 Å². The van der Waals surface area contributed by atoms with Crippen molar-refractivity contribution in [3.63, 3.8) is 0 Å². The summed E-state index contributed by atoms with van der Waals surface area (Å²) in [5.41, 5.74) is 0. The Bertz CT molecular complexity index is 571. The van der Waals surface area contributed by atoms with Gasteiger partial charge in [0.2, 0.25) is 5.91 Å². The molecule has 1 N–H and O–H groups in total. The Hall–Kier alpha value is -2.77. The van der Waals surface area contributed by atoms with E-state index in [1.807, 2.05) is 0 Å². The number of nitrogens with one attached hydrogen (secondary N) is 1. The maximum Gasteiger partial charge on any atom is 0.324 e. The summed E-state index contributed by atoms with van der Waals surface area (Å²) in [6.07, 6.45) is 0.511. The number of benzene rings is 1. The molecule has 0 aliphatic carbocycles. The van der Waals surface area contributed by atoms with Crippen LogP contribution in [0.3, 0.4) is 0 Å². The second-order valence-electron chi connectivity index (χ2n) is 5.05. The highest BCUT2D eigenvalue weighted by atomic mass is 16.6. The second kappa shape index (κ2) is 8.76. The number of imide groups is 1. The van der Waals surface area contributed by atoms with E-state index in [9.17, 15) is 14.4 Å². The first kappa shape index (κ1) is 17.6. The van der Waals surface area contributed by atoms with Crippen LogP contribution in [0.15, 0.2) is 24.3 Å². The van der Waals surface area contributed by atoms with E-state index in [-0.39, 0.29) is 44.6 Å². The van der Waals surface area contributed by atoms with Crippen LogP contribution in [-0.2, 0) is 14.3 Å². The molecule has 1 aromatic rings. The van der Waals surface area contributed by atoms with Gasteiger partial charge < -0.3 is 19.5 Å². The van der Waals surface area contributed by atoms with Gasteiger partial charge in [-0.05, 0) is 30.7 Å². The summed E-state index contributed by atoms with van der Waals surface area (Å²) in [6.45, 7) is 0.604. The van der Waals surface area contributed by atoms with Crippen LogP contribution in [0.4, 0.5) is 4.79 Å². The smallest absolute Gasteiger partial charge is 0.324 e. The Kier molecular flexibility index (Phi) is 6.41. The molecule has 8 heteroatoms. The molecule has 0 saturated carbocycles. The minimum atomic E-state index is -0.416. The lowest BCUT2D eigenvalue weighted by Crippen LogP contribution is -2.32. The minimum Gasteiger partial charge on any atom is -0.497 e. The van der Waals surface area contributed by atoms with Gasteiger partial charge in [0.1, 0.15) is 24.7 Å². The van der Waals surface area contributed by atoms with Crippen molar-refractivity contribution in [2.24, 2.45) is 0 Å². The molecule has 1 aliphatic rings. The topological polar surface area (TPSA) is 94.2 Å². The molecule has 1 fully saturated rings. The molecule has 0 radical (unpaired) electrons. The van der Waals surface area contributed by atoms with E-state index in [1.54, 1.807) is 31.4 Å². The van der Waals surface area contributed by atoms with Crippen molar-refractivity contribution in [1.29, 1.82) is 0 Å². The average molecular weight is 336 g/mol. The SMILES string of the molecule is COc1ccc(OCCOC(=O)CCCN2C(=O)CNC2=O)cc1. The summed E-state index contributed by atoms with van der Waals surface area (Å²) in [4.78, 5) is 35.3. The first-order valence-corrected chi connectivity index (χ1v) is 7.61. The molecule has 1 heterocycles. The summed E-state index contributed by atoms with van der Waals surface area (Å²) in [5, 5.41) is 2.42. The predicted octanol–water partition coefficient (Wildman–Crippen LogP) is 0.949. The molecule has 0 aromatic heterocycles. The van der Waals surface area contributed by atoms with Crippen molar-refractivity contribution in [2.45, 2.75) is 12.8 Å². The third-order valence-electron chi connectivity index (χ3n) is 3.37. The standard InChI is InChI=1S/C16H20N2O6/c1-22-12-4-6-13(7-5-12)23-9-10-24-15(20)3-2-8-18-14(19)11-17-16(18)21/h4-7H,2-3,8-11H2,1H3,(H,17,21). The minimum absolute atomic E-state index is 0.0198. The fourth-order valence-corrected chi connectivity index (χ4v) is 2.12. The molecule has 0 bridgehead atoms. The molecule has 0 unspecified atom stereocenters. The number of hydrogen-bond acceptors (Lipinski definition) is 6. The highest BCUT2D eigenvalue weighted by molar-refractivity contribution is 6.01. The normalized spacial score (nSPS) is 13.6. The number of urea groups is 1. The fourth-order valence-electron chi connectivity index (χ4n) is 2.12. The number of hydrogen-bond donors (Lipinski definition) is 1. The van der Waals surface area contributed by atoms with E-state index in [0.717, 1.165) is 10.6 Å². The van der Waals surface area contributed by atoms with Gasteiger partial charge in [-0.15, -0.1) is 0 Å². The number of carbonyl (C=O) groups excluding carboxylic acids is 3. The molecule has 130 valence electrons. The quantitative estimate of drug-likeness (QED) is 0.410. The predicted molar refractivity (Wildman–Crippen MR) is 83.8 cm³/mol. The van der Waals surface area contributed by atoms with Crippen LogP contribution >= 0.6 is 0 Å². The van der Waals surface area contributed by atoms with Crippen molar-refractivity contribution in [3.8, 4) is 11.5 Å². The largest absolute Gasteiger partial charge is 0.497 e. The van der Waals surface area contributed by atoms with E-state index in [0.29, 0.717) is 12.2 Å². The molecule has 0 atom stereocenters. The first-order valence-electron chi connectivity index (χ1n) is 7.61. The van der Waals surface area contributed by atoms with Gasteiger partial charge in [-0.3, -0.25) is 14.5 Å². The molecular weight excluding hydrogens is 316 g/mol. The monoisotopic (exact) mass is 336 g/mol. The van der Waals surface area contributed by atoms with Gasteiger partial charge in [-0.1, -0.05) is 0 Å². The highest BCUT2D eigenvalue weighted by Gasteiger charge is 2.27. The summed E-state index contributed by atoms with van der Waals surface area (Å²) >= 11 is 0. The second-order valence-corrected chi connectivity index (χ2v) is 5.05. The van der Waals surface area contributed by atoms with Crippen LogP contribution < -0.4 is 14.8 Å². The number of carbonyl (C=O) groups is 3. The fraction of sp³-hybridized carbons (Fsp3) is 0.438. The Balaban J connectivity index is 1.56. The van der Waals surface area contributed by atoms with Crippen LogP contribution in [0.25, 0.3) is 0 Å². The van der Waals surface area contributed by atoms with Gasteiger partial charge in [0.25, 0.3) is 0 Å². The maximum absolute atomic E-state index is 11.6. The summed E-state index contributed by atoms with van der Waals surface area (Å²) < 4.78 is 15.5. The molecule has 0 spiro atoms. The summed E-state index contributed by atoms with van der Waals surface area (Å²) in [6, 6.07) is 6.66. The van der Waals surface area contributed by atoms with Crippen LogP contribution in [0.5, 0.6) is 11.5 Å². The van der Waals surface area contributed by atoms with E-state index in [2.05, 4.69) is 5.32 Å². The van der Waals surface area contributed by atoms with Crippen molar-refractivity contribution in [1.82, 2.24) is 10.2 Å². The number of methoxy groups -OCH3 is 1. The Morgan fingerprint density at radius 1 is 1.17 bits per heavy atom. The van der Waals surface area contributed by atoms with Crippen LogP contribution in [-0.4, -0.2) is 56.2 Å². The zero-order chi connectivity index (χ0) is 17.4. The van der Waals surface area contributed by atoms with Crippen molar-refractivity contribution < 1.29 is 28.6 Å². The molecule has 1 saturated heterocycles. The number of ether oxygens (including phenoxy) is 3. The third-order valence-corrected chi connectivity index (χ3v) is 3.37. The molecule has 8 nitrogen and oxygen atoms in total. The van der Waals surface area contributed by atoms with Crippen LogP contribution in [0.2, 0.25) is 0 Å². The maximum atomic E-state index is 11.6. The lowest BCUT2D eigenvalue weighted by atomic mass is 10.3. The molecule has 1 aromatic carbocycles. The van der Waals surface area contributed by atoms with Crippen molar-refractivity contribution >= 4 is 17.9 Å². The van der Waals surface area contributed by atoms with Gasteiger partial charge in [0, 0.05) is 13.0 Å². The van der Waals surface area contributed by atoms with Crippen LogP contribution in [0, 0.1) is 0 Å². The summed E-state index contributed by atoms with van der Waals surface area (Å²) in [7, 11) is 1.58. The van der Waals surface area contributed by atoms with E-state index in [4.69, 9.17) is 14.2 Å². The Labute approximate surface area is 139 Å². The molecule has 24 heavy (non-hydrogen) atoms. The van der Waals surface area contributed by atoms with Gasteiger partial charge >= 0.3 is 12.0 Å². The van der Waals surface area contributed by atoms with Gasteiger partial charge in [0.05, 0.1) is 13.7 Å². The highest BCUT2D eigenvalue weighted by Crippen LogP contribution is 2.16. The van der Waals surface area contributed by atoms with E-state index < -0.39 is 6.03 Å². The third kappa shape index (κ3) is 5.15. The zero-order valence-corrected chi connectivity index (χ0v) is 13.4. The summed E-state index contributed by atoms with van der Waals surface area (Å²) in [5.74, 6) is 0.728. The number of nitrogens with zero attached hydrogens (tertiary/aromatic N) is 1. The zero-order valence-electron chi connectivity index (χ0n) is 13.4.